The van der Waals surface area contributed by atoms with Crippen LogP contribution >= 0.6 is 31.9 Å². The summed E-state index contributed by atoms with van der Waals surface area (Å²) < 4.78 is 21.0. The van der Waals surface area contributed by atoms with Gasteiger partial charge in [-0.15, -0.1) is 0 Å². The smallest absolute Gasteiger partial charge is 0.223 e. The Morgan fingerprint density at radius 2 is 2.05 bits per heavy atom. The van der Waals surface area contributed by atoms with Gasteiger partial charge < -0.3 is 10.1 Å². The molecule has 1 aromatic heterocycles. The summed E-state index contributed by atoms with van der Waals surface area (Å²) in [6, 6.07) is 7.21. The quantitative estimate of drug-likeness (QED) is 0.762. The lowest BCUT2D eigenvalue weighted by molar-refractivity contribution is 0.420. The Morgan fingerprint density at radius 3 is 2.76 bits per heavy atom. The summed E-state index contributed by atoms with van der Waals surface area (Å²) in [4.78, 5) is 4.25. The number of hydrogen-bond donors (Lipinski definition) is 1. The first kappa shape index (κ1) is 14.9. The van der Waals surface area contributed by atoms with Gasteiger partial charge in [-0.1, -0.05) is 15.9 Å². The van der Waals surface area contributed by atoms with Crippen molar-refractivity contribution in [3.8, 4) is 11.6 Å². The second-order valence-corrected chi connectivity index (χ2v) is 6.78. The highest BCUT2D eigenvalue weighted by molar-refractivity contribution is 9.10. The normalized spacial score (nSPS) is 14.2. The predicted octanol–water partition coefficient (Wildman–Crippen LogP) is 4.79. The van der Waals surface area contributed by atoms with Gasteiger partial charge in [0.15, 0.2) is 11.6 Å². The zero-order valence-electron chi connectivity index (χ0n) is 11.1. The van der Waals surface area contributed by atoms with Gasteiger partial charge in [0.2, 0.25) is 5.88 Å². The molecule has 0 amide bonds. The summed E-state index contributed by atoms with van der Waals surface area (Å²) in [6.07, 6.45) is 4.06. The average Bonchev–Trinajstić information content (AvgIpc) is 3.26. The maximum Gasteiger partial charge on any atom is 0.223 e. The van der Waals surface area contributed by atoms with Gasteiger partial charge in [0, 0.05) is 33.3 Å². The Balaban J connectivity index is 1.82. The van der Waals surface area contributed by atoms with Gasteiger partial charge in [-0.25, -0.2) is 9.37 Å². The largest absolute Gasteiger partial charge is 0.436 e. The Labute approximate surface area is 139 Å². The molecule has 1 aliphatic carbocycles. The number of benzene rings is 1. The number of nitrogens with one attached hydrogen (secondary N) is 1. The maximum absolute atomic E-state index is 13.9. The molecule has 1 heterocycles. The topological polar surface area (TPSA) is 34.1 Å². The SMILES string of the molecule is Fc1cc(Br)ccc1Oc1ncc(Br)cc1CNC1CC1. The second kappa shape index (κ2) is 6.42. The van der Waals surface area contributed by atoms with Crippen LogP contribution in [-0.2, 0) is 6.54 Å². The molecule has 2 aromatic rings. The van der Waals surface area contributed by atoms with Crippen molar-refractivity contribution < 1.29 is 9.13 Å². The fourth-order valence-electron chi connectivity index (χ4n) is 1.89. The number of hydrogen-bond acceptors (Lipinski definition) is 3. The van der Waals surface area contributed by atoms with Crippen LogP contribution < -0.4 is 10.1 Å². The third kappa shape index (κ3) is 4.02. The standard InChI is InChI=1S/C15H13Br2FN2O/c16-10-1-4-14(13(18)6-10)21-15-9(5-11(17)8-20-15)7-19-12-2-3-12/h1,4-6,8,12,19H,2-3,7H2. The minimum atomic E-state index is -0.421. The van der Waals surface area contributed by atoms with Crippen LogP contribution in [0.2, 0.25) is 0 Å². The molecule has 0 unspecified atom stereocenters. The zero-order chi connectivity index (χ0) is 14.8. The fourth-order valence-corrected chi connectivity index (χ4v) is 2.60. The van der Waals surface area contributed by atoms with Crippen LogP contribution in [0.25, 0.3) is 0 Å². The van der Waals surface area contributed by atoms with Crippen molar-refractivity contribution in [2.24, 2.45) is 0 Å². The summed E-state index contributed by atoms with van der Waals surface area (Å²) in [7, 11) is 0. The molecule has 0 aliphatic heterocycles. The Kier molecular flexibility index (Phi) is 4.57. The number of pyridine rings is 1. The highest BCUT2D eigenvalue weighted by Gasteiger charge is 2.21. The summed E-state index contributed by atoms with van der Waals surface area (Å²) in [5.74, 6) is 0.170. The van der Waals surface area contributed by atoms with Crippen LogP contribution in [0.4, 0.5) is 4.39 Å². The molecule has 21 heavy (non-hydrogen) atoms. The van der Waals surface area contributed by atoms with E-state index in [0.29, 0.717) is 22.9 Å². The third-order valence-electron chi connectivity index (χ3n) is 3.15. The molecule has 3 rings (SSSR count). The first-order chi connectivity index (χ1) is 10.1. The number of ether oxygens (including phenoxy) is 1. The Hall–Kier alpha value is -0.980. The van der Waals surface area contributed by atoms with Crippen LogP contribution in [0.15, 0.2) is 39.4 Å². The maximum atomic E-state index is 13.9. The van der Waals surface area contributed by atoms with Crippen molar-refractivity contribution in [2.45, 2.75) is 25.4 Å². The molecular weight excluding hydrogens is 403 g/mol. The molecule has 110 valence electrons. The van der Waals surface area contributed by atoms with Gasteiger partial charge in [-0.2, -0.15) is 0 Å². The van der Waals surface area contributed by atoms with Crippen molar-refractivity contribution >= 4 is 31.9 Å². The van der Waals surface area contributed by atoms with E-state index in [1.54, 1.807) is 18.3 Å². The Morgan fingerprint density at radius 1 is 1.24 bits per heavy atom. The van der Waals surface area contributed by atoms with Gasteiger partial charge in [0.05, 0.1) is 0 Å². The van der Waals surface area contributed by atoms with Crippen LogP contribution in [0.3, 0.4) is 0 Å². The molecule has 0 saturated heterocycles. The van der Waals surface area contributed by atoms with E-state index in [-0.39, 0.29) is 5.75 Å². The Bertz CT molecular complexity index is 662. The van der Waals surface area contributed by atoms with Gasteiger partial charge >= 0.3 is 0 Å². The van der Waals surface area contributed by atoms with Crippen molar-refractivity contribution in [3.63, 3.8) is 0 Å². The summed E-state index contributed by atoms with van der Waals surface area (Å²) in [6.45, 7) is 0.657. The zero-order valence-corrected chi connectivity index (χ0v) is 14.2. The molecule has 1 saturated carbocycles. The number of rotatable bonds is 5. The van der Waals surface area contributed by atoms with Crippen molar-refractivity contribution in [1.29, 1.82) is 0 Å². The molecular formula is C15H13Br2FN2O. The van der Waals surface area contributed by atoms with E-state index in [9.17, 15) is 4.39 Å². The number of halogens is 3. The van der Waals surface area contributed by atoms with Crippen molar-refractivity contribution in [2.75, 3.05) is 0 Å². The van der Waals surface area contributed by atoms with Crippen molar-refractivity contribution in [1.82, 2.24) is 10.3 Å². The third-order valence-corrected chi connectivity index (χ3v) is 4.08. The molecule has 1 aliphatic rings. The van der Waals surface area contributed by atoms with Crippen LogP contribution in [0.5, 0.6) is 11.6 Å². The lowest BCUT2D eigenvalue weighted by Crippen LogP contribution is -2.16. The lowest BCUT2D eigenvalue weighted by Gasteiger charge is -2.12. The number of aromatic nitrogens is 1. The first-order valence-corrected chi connectivity index (χ1v) is 8.21. The van der Waals surface area contributed by atoms with E-state index in [4.69, 9.17) is 4.74 Å². The molecule has 1 N–H and O–H groups in total. The number of nitrogens with zero attached hydrogens (tertiary/aromatic N) is 1. The van der Waals surface area contributed by atoms with E-state index in [0.717, 1.165) is 10.0 Å². The molecule has 1 fully saturated rings. The predicted molar refractivity (Wildman–Crippen MR) is 86.0 cm³/mol. The summed E-state index contributed by atoms with van der Waals surface area (Å²) >= 11 is 6.63. The van der Waals surface area contributed by atoms with Gasteiger partial charge in [-0.3, -0.25) is 0 Å². The van der Waals surface area contributed by atoms with Crippen LogP contribution in [0, 0.1) is 5.82 Å². The minimum absolute atomic E-state index is 0.167. The highest BCUT2D eigenvalue weighted by atomic mass is 79.9. The van der Waals surface area contributed by atoms with Gasteiger partial charge in [-0.05, 0) is 53.0 Å². The van der Waals surface area contributed by atoms with E-state index in [1.807, 2.05) is 6.07 Å². The molecule has 0 radical (unpaired) electrons. The molecule has 0 spiro atoms. The van der Waals surface area contributed by atoms with E-state index >= 15 is 0 Å². The second-order valence-electron chi connectivity index (χ2n) is 4.95. The highest BCUT2D eigenvalue weighted by Crippen LogP contribution is 2.29. The van der Waals surface area contributed by atoms with Gasteiger partial charge in [0.25, 0.3) is 0 Å². The fraction of sp³-hybridized carbons (Fsp3) is 0.267. The minimum Gasteiger partial charge on any atom is -0.436 e. The molecule has 0 atom stereocenters. The van der Waals surface area contributed by atoms with Crippen LogP contribution in [-0.4, -0.2) is 11.0 Å². The molecule has 0 bridgehead atoms. The molecule has 6 heteroatoms. The van der Waals surface area contributed by atoms with E-state index in [1.165, 1.54) is 18.9 Å². The monoisotopic (exact) mass is 414 g/mol. The van der Waals surface area contributed by atoms with Crippen molar-refractivity contribution in [3.05, 3.63) is 50.8 Å². The van der Waals surface area contributed by atoms with E-state index < -0.39 is 5.82 Å². The van der Waals surface area contributed by atoms with Gasteiger partial charge in [0.1, 0.15) is 0 Å². The average molecular weight is 416 g/mol. The lowest BCUT2D eigenvalue weighted by atomic mass is 10.2. The summed E-state index contributed by atoms with van der Waals surface area (Å²) in [5, 5.41) is 3.41. The van der Waals surface area contributed by atoms with E-state index in [2.05, 4.69) is 42.2 Å². The first-order valence-electron chi connectivity index (χ1n) is 6.62. The molecule has 3 nitrogen and oxygen atoms in total. The van der Waals surface area contributed by atoms with Crippen LogP contribution in [0.1, 0.15) is 18.4 Å². The molecule has 1 aromatic carbocycles. The summed E-state index contributed by atoms with van der Waals surface area (Å²) in [5.41, 5.74) is 0.901.